The lowest BCUT2D eigenvalue weighted by Crippen LogP contribution is -2.07. The molecule has 2 rings (SSSR count). The number of nitrogens with zero attached hydrogens (tertiary/aromatic N) is 4. The monoisotopic (exact) mass is 240 g/mol. The maximum Gasteiger partial charge on any atom is 0.161 e. The number of Topliss-reactive ketones (excluding diaryl/α,β-unsaturated/α-hetero) is 1. The van der Waals surface area contributed by atoms with E-state index in [1.54, 1.807) is 29.8 Å². The van der Waals surface area contributed by atoms with Crippen molar-refractivity contribution in [3.63, 3.8) is 0 Å². The maximum absolute atomic E-state index is 11.6. The van der Waals surface area contributed by atoms with Gasteiger partial charge in [0.15, 0.2) is 5.78 Å². The van der Waals surface area contributed by atoms with E-state index in [2.05, 4.69) is 16.2 Å². The molecule has 2 aromatic rings. The Morgan fingerprint density at radius 3 is 2.61 bits per heavy atom. The molecule has 0 amide bonds. The van der Waals surface area contributed by atoms with Crippen molar-refractivity contribution in [2.24, 2.45) is 0 Å². The van der Waals surface area contributed by atoms with E-state index in [-0.39, 0.29) is 5.78 Å². The van der Waals surface area contributed by atoms with Gasteiger partial charge in [0.1, 0.15) is 11.6 Å². The Bertz CT molecular complexity index is 664. The molecule has 0 saturated heterocycles. The minimum absolute atomic E-state index is 0.0676. The number of benzene rings is 1. The Kier molecular flexibility index (Phi) is 2.94. The van der Waals surface area contributed by atoms with Gasteiger partial charge in [-0.15, -0.1) is 0 Å². The van der Waals surface area contributed by atoms with E-state index in [0.29, 0.717) is 28.5 Å². The van der Waals surface area contributed by atoms with Crippen LogP contribution >= 0.6 is 0 Å². The molecular weight excluding hydrogens is 228 g/mol. The molecule has 18 heavy (non-hydrogen) atoms. The highest BCUT2D eigenvalue weighted by molar-refractivity contribution is 5.97. The molecule has 0 aliphatic heterocycles. The topological polar surface area (TPSA) is 71.6 Å². The van der Waals surface area contributed by atoms with E-state index >= 15 is 0 Å². The lowest BCUT2D eigenvalue weighted by atomic mass is 10.1. The number of carbonyl (C=O) groups is 1. The van der Waals surface area contributed by atoms with Crippen LogP contribution in [0.1, 0.15) is 34.5 Å². The number of carbonyl (C=O) groups excluding carboxylic acids is 1. The fourth-order valence-corrected chi connectivity index (χ4v) is 1.82. The minimum atomic E-state index is -0.0676. The van der Waals surface area contributed by atoms with Crippen LogP contribution in [0.2, 0.25) is 0 Å². The quantitative estimate of drug-likeness (QED) is 0.752. The Labute approximate surface area is 105 Å². The first-order valence-electron chi connectivity index (χ1n) is 5.48. The molecule has 90 valence electrons. The first-order valence-corrected chi connectivity index (χ1v) is 5.48. The van der Waals surface area contributed by atoms with Crippen LogP contribution in [0.4, 0.5) is 0 Å². The average Bonchev–Trinajstić information content (AvgIpc) is 2.67. The van der Waals surface area contributed by atoms with E-state index in [1.807, 2.05) is 6.92 Å². The van der Waals surface area contributed by atoms with E-state index < -0.39 is 0 Å². The summed E-state index contributed by atoms with van der Waals surface area (Å²) in [5.41, 5.74) is 1.62. The molecular formula is C13H12N4O. The molecule has 1 aromatic heterocycles. The first kappa shape index (κ1) is 12.0. The van der Waals surface area contributed by atoms with Crippen molar-refractivity contribution in [2.45, 2.75) is 20.8 Å². The molecule has 1 heterocycles. The van der Waals surface area contributed by atoms with Gasteiger partial charge in [0, 0.05) is 5.56 Å². The van der Waals surface area contributed by atoms with Crippen molar-refractivity contribution < 1.29 is 4.79 Å². The highest BCUT2D eigenvalue weighted by Gasteiger charge is 2.13. The maximum atomic E-state index is 11.6. The van der Waals surface area contributed by atoms with Crippen LogP contribution in [0.15, 0.2) is 18.2 Å². The lowest BCUT2D eigenvalue weighted by molar-refractivity contribution is 0.101. The Morgan fingerprint density at radius 1 is 1.39 bits per heavy atom. The molecule has 0 aliphatic rings. The SMILES string of the molecule is CC(=O)c1ccc(C#N)cc1-n1nc(C)nc1C. The molecule has 1 aromatic carbocycles. The van der Waals surface area contributed by atoms with Gasteiger partial charge in [-0.05, 0) is 39.0 Å². The normalized spacial score (nSPS) is 10.1. The molecule has 0 spiro atoms. The van der Waals surface area contributed by atoms with E-state index in [1.165, 1.54) is 6.92 Å². The molecule has 5 heteroatoms. The second kappa shape index (κ2) is 4.41. The standard InChI is InChI=1S/C13H12N4O/c1-8(18)12-5-4-11(7-14)6-13(12)17-10(3)15-9(2)16-17/h4-6H,1-3H3. The zero-order chi connectivity index (χ0) is 13.3. The van der Waals surface area contributed by atoms with E-state index in [4.69, 9.17) is 5.26 Å². The number of ketones is 1. The number of rotatable bonds is 2. The van der Waals surface area contributed by atoms with Gasteiger partial charge in [-0.25, -0.2) is 9.67 Å². The van der Waals surface area contributed by atoms with Gasteiger partial charge < -0.3 is 0 Å². The average molecular weight is 240 g/mol. The summed E-state index contributed by atoms with van der Waals surface area (Å²) in [6.45, 7) is 5.08. The zero-order valence-corrected chi connectivity index (χ0v) is 10.4. The molecule has 5 nitrogen and oxygen atoms in total. The summed E-state index contributed by atoms with van der Waals surface area (Å²) < 4.78 is 1.59. The Morgan fingerprint density at radius 2 is 2.11 bits per heavy atom. The van der Waals surface area contributed by atoms with Crippen LogP contribution in [0.25, 0.3) is 5.69 Å². The minimum Gasteiger partial charge on any atom is -0.294 e. The Balaban J connectivity index is 2.72. The molecule has 0 saturated carbocycles. The number of hydrogen-bond acceptors (Lipinski definition) is 4. The predicted molar refractivity (Wildman–Crippen MR) is 65.6 cm³/mol. The number of aryl methyl sites for hydroxylation is 2. The molecule has 0 bridgehead atoms. The lowest BCUT2D eigenvalue weighted by Gasteiger charge is -2.08. The van der Waals surface area contributed by atoms with Gasteiger partial charge in [0.05, 0.1) is 17.3 Å². The summed E-state index contributed by atoms with van der Waals surface area (Å²) in [5, 5.41) is 13.2. The summed E-state index contributed by atoms with van der Waals surface area (Å²) in [5.74, 6) is 1.25. The van der Waals surface area contributed by atoms with Crippen molar-refractivity contribution in [2.75, 3.05) is 0 Å². The number of aromatic nitrogens is 3. The fourth-order valence-electron chi connectivity index (χ4n) is 1.82. The van der Waals surface area contributed by atoms with Crippen LogP contribution in [0.5, 0.6) is 0 Å². The third-order valence-corrected chi connectivity index (χ3v) is 2.61. The van der Waals surface area contributed by atoms with Crippen LogP contribution in [0, 0.1) is 25.2 Å². The van der Waals surface area contributed by atoms with Gasteiger partial charge >= 0.3 is 0 Å². The van der Waals surface area contributed by atoms with E-state index in [0.717, 1.165) is 0 Å². The third-order valence-electron chi connectivity index (χ3n) is 2.61. The fraction of sp³-hybridized carbons (Fsp3) is 0.231. The Hall–Kier alpha value is -2.48. The van der Waals surface area contributed by atoms with Crippen molar-refractivity contribution in [1.82, 2.24) is 14.8 Å². The molecule has 0 N–H and O–H groups in total. The van der Waals surface area contributed by atoms with Gasteiger partial charge in [-0.1, -0.05) is 0 Å². The molecule has 0 aliphatic carbocycles. The largest absolute Gasteiger partial charge is 0.294 e. The number of hydrogen-bond donors (Lipinski definition) is 0. The molecule has 0 atom stereocenters. The van der Waals surface area contributed by atoms with Crippen molar-refractivity contribution in [3.05, 3.63) is 41.0 Å². The van der Waals surface area contributed by atoms with Crippen LogP contribution in [0.3, 0.4) is 0 Å². The van der Waals surface area contributed by atoms with Crippen molar-refractivity contribution >= 4 is 5.78 Å². The van der Waals surface area contributed by atoms with Crippen molar-refractivity contribution in [1.29, 1.82) is 5.26 Å². The van der Waals surface area contributed by atoms with E-state index in [9.17, 15) is 4.79 Å². The van der Waals surface area contributed by atoms with Gasteiger partial charge in [-0.2, -0.15) is 10.4 Å². The zero-order valence-electron chi connectivity index (χ0n) is 10.4. The second-order valence-electron chi connectivity index (χ2n) is 4.02. The summed E-state index contributed by atoms with van der Waals surface area (Å²) >= 11 is 0. The molecule has 0 unspecified atom stereocenters. The first-order chi connectivity index (χ1) is 8.52. The van der Waals surface area contributed by atoms with Crippen molar-refractivity contribution in [3.8, 4) is 11.8 Å². The highest BCUT2D eigenvalue weighted by Crippen LogP contribution is 2.18. The van der Waals surface area contributed by atoms with Gasteiger partial charge in [0.2, 0.25) is 0 Å². The molecule has 0 fully saturated rings. The van der Waals surface area contributed by atoms with Crippen LogP contribution < -0.4 is 0 Å². The molecule has 0 radical (unpaired) electrons. The highest BCUT2D eigenvalue weighted by atomic mass is 16.1. The van der Waals surface area contributed by atoms with Gasteiger partial charge in [-0.3, -0.25) is 4.79 Å². The number of nitriles is 1. The van der Waals surface area contributed by atoms with Gasteiger partial charge in [0.25, 0.3) is 0 Å². The second-order valence-corrected chi connectivity index (χ2v) is 4.02. The van der Waals surface area contributed by atoms with Crippen LogP contribution in [-0.2, 0) is 0 Å². The third kappa shape index (κ3) is 2.00. The smallest absolute Gasteiger partial charge is 0.161 e. The summed E-state index contributed by atoms with van der Waals surface area (Å²) in [4.78, 5) is 15.8. The predicted octanol–water partition coefficient (Wildman–Crippen LogP) is 1.96. The van der Waals surface area contributed by atoms with Crippen LogP contribution in [-0.4, -0.2) is 20.5 Å². The summed E-state index contributed by atoms with van der Waals surface area (Å²) in [6, 6.07) is 6.98. The summed E-state index contributed by atoms with van der Waals surface area (Å²) in [6.07, 6.45) is 0. The summed E-state index contributed by atoms with van der Waals surface area (Å²) in [7, 11) is 0.